The summed E-state index contributed by atoms with van der Waals surface area (Å²) in [4.78, 5) is 18.8. The molecule has 5 nitrogen and oxygen atoms in total. The molecular formula is C24H26N2O3S. The lowest BCUT2D eigenvalue weighted by molar-refractivity contribution is 0.0697. The number of anilines is 1. The Morgan fingerprint density at radius 2 is 1.83 bits per heavy atom. The molecule has 6 heteroatoms. The SMILES string of the molecule is COc1cc2c(cc1OC)C(c1cccs1)N(C(=O)c1cccc(N(C)C)c1)CC2. The van der Waals surface area contributed by atoms with Gasteiger partial charge in [-0.05, 0) is 59.3 Å². The zero-order valence-electron chi connectivity index (χ0n) is 17.7. The lowest BCUT2D eigenvalue weighted by Crippen LogP contribution is -2.40. The first-order chi connectivity index (χ1) is 14.5. The molecule has 1 aromatic heterocycles. The van der Waals surface area contributed by atoms with Gasteiger partial charge in [-0.2, -0.15) is 0 Å². The smallest absolute Gasteiger partial charge is 0.254 e. The number of nitrogens with zero attached hydrogens (tertiary/aromatic N) is 2. The van der Waals surface area contributed by atoms with E-state index in [0.717, 1.165) is 28.3 Å². The minimum Gasteiger partial charge on any atom is -0.493 e. The largest absolute Gasteiger partial charge is 0.493 e. The van der Waals surface area contributed by atoms with Crippen LogP contribution in [0.5, 0.6) is 11.5 Å². The maximum absolute atomic E-state index is 13.6. The Labute approximate surface area is 181 Å². The van der Waals surface area contributed by atoms with Crippen LogP contribution in [0.3, 0.4) is 0 Å². The Balaban J connectivity index is 1.79. The number of amides is 1. The Bertz CT molecular complexity index is 1050. The zero-order chi connectivity index (χ0) is 21.3. The summed E-state index contributed by atoms with van der Waals surface area (Å²) in [6.45, 7) is 0.649. The summed E-state index contributed by atoms with van der Waals surface area (Å²) in [6.07, 6.45) is 0.774. The molecular weight excluding hydrogens is 396 g/mol. The summed E-state index contributed by atoms with van der Waals surface area (Å²) in [6, 6.07) is 15.8. The average molecular weight is 423 g/mol. The molecule has 1 atom stereocenters. The topological polar surface area (TPSA) is 42.0 Å². The van der Waals surface area contributed by atoms with Crippen LogP contribution in [-0.2, 0) is 6.42 Å². The van der Waals surface area contributed by atoms with Crippen LogP contribution >= 0.6 is 11.3 Å². The Kier molecular flexibility index (Phi) is 5.68. The maximum Gasteiger partial charge on any atom is 0.254 e. The van der Waals surface area contributed by atoms with Crippen LogP contribution in [0, 0.1) is 0 Å². The predicted molar refractivity (Wildman–Crippen MR) is 121 cm³/mol. The third kappa shape index (κ3) is 3.63. The molecule has 30 heavy (non-hydrogen) atoms. The summed E-state index contributed by atoms with van der Waals surface area (Å²) in [5.41, 5.74) is 4.00. The Morgan fingerprint density at radius 1 is 1.07 bits per heavy atom. The highest BCUT2D eigenvalue weighted by Crippen LogP contribution is 2.42. The van der Waals surface area contributed by atoms with Gasteiger partial charge < -0.3 is 19.3 Å². The van der Waals surface area contributed by atoms with Crippen molar-refractivity contribution in [3.63, 3.8) is 0 Å². The van der Waals surface area contributed by atoms with Crippen LogP contribution < -0.4 is 14.4 Å². The number of benzene rings is 2. The quantitative estimate of drug-likeness (QED) is 0.602. The van der Waals surface area contributed by atoms with Gasteiger partial charge in [0.2, 0.25) is 0 Å². The number of thiophene rings is 1. The number of hydrogen-bond donors (Lipinski definition) is 0. The zero-order valence-corrected chi connectivity index (χ0v) is 18.5. The second-order valence-corrected chi connectivity index (χ2v) is 8.50. The minimum absolute atomic E-state index is 0.0394. The summed E-state index contributed by atoms with van der Waals surface area (Å²) in [5, 5.41) is 2.06. The summed E-state index contributed by atoms with van der Waals surface area (Å²) < 4.78 is 11.1. The highest BCUT2D eigenvalue weighted by atomic mass is 32.1. The fourth-order valence-electron chi connectivity index (χ4n) is 4.00. The third-order valence-corrected chi connectivity index (χ3v) is 6.48. The standard InChI is InChI=1S/C24H26N2O3S/c1-25(2)18-8-5-7-17(13-18)24(27)26-11-10-16-14-20(28-3)21(29-4)15-19(16)23(26)22-9-6-12-30-22/h5-9,12-15,23H,10-11H2,1-4H3. The van der Waals surface area contributed by atoms with Crippen molar-refractivity contribution in [1.29, 1.82) is 0 Å². The highest BCUT2D eigenvalue weighted by Gasteiger charge is 2.34. The molecule has 0 radical (unpaired) electrons. The van der Waals surface area contributed by atoms with Gasteiger partial charge in [0.1, 0.15) is 0 Å². The fourth-order valence-corrected chi connectivity index (χ4v) is 4.86. The number of hydrogen-bond acceptors (Lipinski definition) is 5. The van der Waals surface area contributed by atoms with Crippen molar-refractivity contribution in [3.8, 4) is 11.5 Å². The van der Waals surface area contributed by atoms with Crippen LogP contribution in [0.1, 0.15) is 32.4 Å². The number of carbonyl (C=O) groups excluding carboxylic acids is 1. The van der Waals surface area contributed by atoms with Gasteiger partial charge in [-0.1, -0.05) is 12.1 Å². The fraction of sp³-hybridized carbons (Fsp3) is 0.292. The normalized spacial score (nSPS) is 15.5. The number of rotatable bonds is 5. The molecule has 0 spiro atoms. The van der Waals surface area contributed by atoms with E-state index >= 15 is 0 Å². The maximum atomic E-state index is 13.6. The second kappa shape index (κ2) is 8.40. The van der Waals surface area contributed by atoms with Crippen molar-refractivity contribution in [2.24, 2.45) is 0 Å². The monoisotopic (exact) mass is 422 g/mol. The Hall–Kier alpha value is -2.99. The van der Waals surface area contributed by atoms with Crippen molar-refractivity contribution in [2.45, 2.75) is 12.5 Å². The molecule has 1 unspecified atom stereocenters. The summed E-state index contributed by atoms with van der Waals surface area (Å²) in [5.74, 6) is 1.44. The van der Waals surface area contributed by atoms with Gasteiger partial charge in [0.15, 0.2) is 11.5 Å². The van der Waals surface area contributed by atoms with E-state index in [1.165, 1.54) is 5.56 Å². The first-order valence-electron chi connectivity index (χ1n) is 9.90. The average Bonchev–Trinajstić information content (AvgIpc) is 3.31. The summed E-state index contributed by atoms with van der Waals surface area (Å²) in [7, 11) is 7.25. The molecule has 2 heterocycles. The molecule has 0 fully saturated rings. The number of carbonyl (C=O) groups is 1. The van der Waals surface area contributed by atoms with Gasteiger partial charge in [-0.3, -0.25) is 4.79 Å². The minimum atomic E-state index is -0.149. The van der Waals surface area contributed by atoms with E-state index in [9.17, 15) is 4.79 Å². The van der Waals surface area contributed by atoms with Crippen molar-refractivity contribution in [1.82, 2.24) is 4.90 Å². The third-order valence-electron chi connectivity index (χ3n) is 5.56. The molecule has 4 rings (SSSR count). The van der Waals surface area contributed by atoms with Gasteiger partial charge in [0.25, 0.3) is 5.91 Å². The molecule has 0 saturated heterocycles. The molecule has 1 aliphatic rings. The van der Waals surface area contributed by atoms with Crippen molar-refractivity contribution >= 4 is 22.9 Å². The second-order valence-electron chi connectivity index (χ2n) is 7.52. The van der Waals surface area contributed by atoms with E-state index in [-0.39, 0.29) is 11.9 Å². The van der Waals surface area contributed by atoms with Crippen LogP contribution in [0.25, 0.3) is 0 Å². The van der Waals surface area contributed by atoms with Gasteiger partial charge in [-0.15, -0.1) is 11.3 Å². The van der Waals surface area contributed by atoms with Gasteiger partial charge in [0, 0.05) is 36.8 Å². The predicted octanol–water partition coefficient (Wildman–Crippen LogP) is 4.62. The first-order valence-corrected chi connectivity index (χ1v) is 10.8. The molecule has 0 N–H and O–H groups in total. The van der Waals surface area contributed by atoms with Crippen LogP contribution in [0.2, 0.25) is 0 Å². The van der Waals surface area contributed by atoms with Crippen molar-refractivity contribution in [2.75, 3.05) is 39.8 Å². The number of fused-ring (bicyclic) bond motifs is 1. The van der Waals surface area contributed by atoms with Crippen LogP contribution in [-0.4, -0.2) is 45.7 Å². The number of ether oxygens (including phenoxy) is 2. The molecule has 2 aromatic carbocycles. The van der Waals surface area contributed by atoms with Crippen LogP contribution in [0.4, 0.5) is 5.69 Å². The van der Waals surface area contributed by atoms with E-state index < -0.39 is 0 Å². The van der Waals surface area contributed by atoms with Gasteiger partial charge in [-0.25, -0.2) is 0 Å². The number of methoxy groups -OCH3 is 2. The van der Waals surface area contributed by atoms with Crippen molar-refractivity contribution < 1.29 is 14.3 Å². The molecule has 3 aromatic rings. The molecule has 0 aliphatic carbocycles. The highest BCUT2D eigenvalue weighted by molar-refractivity contribution is 7.10. The van der Waals surface area contributed by atoms with E-state index in [0.29, 0.717) is 17.9 Å². The molecule has 1 amide bonds. The van der Waals surface area contributed by atoms with E-state index in [2.05, 4.69) is 11.4 Å². The molecule has 0 saturated carbocycles. The van der Waals surface area contributed by atoms with Gasteiger partial charge >= 0.3 is 0 Å². The molecule has 156 valence electrons. The lowest BCUT2D eigenvalue weighted by atomic mass is 9.90. The molecule has 0 bridgehead atoms. The molecule has 1 aliphatic heterocycles. The summed E-state index contributed by atoms with van der Waals surface area (Å²) >= 11 is 1.67. The van der Waals surface area contributed by atoms with Gasteiger partial charge in [0.05, 0.1) is 20.3 Å². The first kappa shape index (κ1) is 20.3. The van der Waals surface area contributed by atoms with Crippen molar-refractivity contribution in [3.05, 3.63) is 75.5 Å². The van der Waals surface area contributed by atoms with E-state index in [1.807, 2.05) is 66.4 Å². The van der Waals surface area contributed by atoms with Crippen LogP contribution in [0.15, 0.2) is 53.9 Å². The Morgan fingerprint density at radius 3 is 2.50 bits per heavy atom. The van der Waals surface area contributed by atoms with E-state index in [1.54, 1.807) is 25.6 Å². The van der Waals surface area contributed by atoms with E-state index in [4.69, 9.17) is 9.47 Å². The lowest BCUT2D eigenvalue weighted by Gasteiger charge is -2.37.